The van der Waals surface area contributed by atoms with Crippen molar-refractivity contribution in [3.63, 3.8) is 0 Å². The summed E-state index contributed by atoms with van der Waals surface area (Å²) in [6, 6.07) is 12.9. The molecule has 0 amide bonds. The van der Waals surface area contributed by atoms with Crippen molar-refractivity contribution in [2.24, 2.45) is 10.9 Å². The minimum atomic E-state index is -0.421. The van der Waals surface area contributed by atoms with E-state index >= 15 is 0 Å². The Morgan fingerprint density at radius 3 is 2.67 bits per heavy atom. The van der Waals surface area contributed by atoms with Crippen molar-refractivity contribution >= 4 is 11.8 Å². The van der Waals surface area contributed by atoms with E-state index in [1.807, 2.05) is 37.3 Å². The van der Waals surface area contributed by atoms with Crippen LogP contribution in [-0.2, 0) is 9.63 Å². The Morgan fingerprint density at radius 1 is 1.29 bits per heavy atom. The van der Waals surface area contributed by atoms with Gasteiger partial charge in [-0.05, 0) is 24.1 Å². The van der Waals surface area contributed by atoms with Crippen molar-refractivity contribution in [1.29, 1.82) is 0 Å². The first-order valence-electron chi connectivity index (χ1n) is 6.72. The number of nitrogens with zero attached hydrogens (tertiary/aromatic N) is 2. The predicted molar refractivity (Wildman–Crippen MR) is 80.5 cm³/mol. The quantitative estimate of drug-likeness (QED) is 0.396. The molecule has 1 atom stereocenters. The Balaban J connectivity index is 2.07. The van der Waals surface area contributed by atoms with Gasteiger partial charge in [0.1, 0.15) is 0 Å². The number of carbonyl (C=O) groups is 1. The second-order valence-electron chi connectivity index (χ2n) is 4.50. The lowest BCUT2D eigenvalue weighted by molar-refractivity contribution is -0.145. The number of nitrogens with two attached hydrogens (primary N) is 1. The summed E-state index contributed by atoms with van der Waals surface area (Å²) in [5.74, 6) is -0.647. The van der Waals surface area contributed by atoms with Gasteiger partial charge in [0.2, 0.25) is 0 Å². The maximum absolute atomic E-state index is 12.1. The average Bonchev–Trinajstić information content (AvgIpc) is 2.55. The number of oxime groups is 1. The molecule has 0 aliphatic carbocycles. The topological polar surface area (TPSA) is 77.6 Å². The predicted octanol–water partition coefficient (Wildman–Crippen LogP) is 2.44. The summed E-state index contributed by atoms with van der Waals surface area (Å²) in [6.45, 7) is 1.92. The largest absolute Gasteiger partial charge is 0.380 e. The molecule has 5 nitrogen and oxygen atoms in total. The summed E-state index contributed by atoms with van der Waals surface area (Å²) < 4.78 is 0. The third kappa shape index (κ3) is 3.89. The summed E-state index contributed by atoms with van der Waals surface area (Å²) in [5, 5.41) is 3.69. The molecule has 0 aliphatic heterocycles. The van der Waals surface area contributed by atoms with Crippen molar-refractivity contribution in [3.8, 4) is 0 Å². The number of benzene rings is 1. The van der Waals surface area contributed by atoms with Gasteiger partial charge in [-0.15, -0.1) is 0 Å². The second-order valence-corrected chi connectivity index (χ2v) is 4.50. The molecule has 0 bridgehead atoms. The fourth-order valence-electron chi connectivity index (χ4n) is 1.95. The Bertz CT molecular complexity index is 612. The Hall–Kier alpha value is -2.69. The monoisotopic (exact) mass is 283 g/mol. The van der Waals surface area contributed by atoms with Crippen LogP contribution >= 0.6 is 0 Å². The molecule has 1 aromatic heterocycles. The molecule has 0 radical (unpaired) electrons. The smallest absolute Gasteiger partial charge is 0.342 e. The molecule has 1 heterocycles. The summed E-state index contributed by atoms with van der Waals surface area (Å²) in [4.78, 5) is 21.0. The van der Waals surface area contributed by atoms with Crippen LogP contribution in [0.5, 0.6) is 0 Å². The Kier molecular flexibility index (Phi) is 5.04. The number of hydrogen-bond acceptors (Lipinski definition) is 4. The fourth-order valence-corrected chi connectivity index (χ4v) is 1.95. The summed E-state index contributed by atoms with van der Waals surface area (Å²) >= 11 is 0. The van der Waals surface area contributed by atoms with Crippen LogP contribution in [0.25, 0.3) is 0 Å². The van der Waals surface area contributed by atoms with Gasteiger partial charge < -0.3 is 10.6 Å². The molecule has 0 saturated heterocycles. The van der Waals surface area contributed by atoms with Gasteiger partial charge in [-0.25, -0.2) is 4.79 Å². The van der Waals surface area contributed by atoms with Gasteiger partial charge in [0, 0.05) is 18.0 Å². The van der Waals surface area contributed by atoms with Crippen molar-refractivity contribution in [1.82, 2.24) is 4.98 Å². The van der Waals surface area contributed by atoms with Gasteiger partial charge in [-0.1, -0.05) is 42.4 Å². The maximum atomic E-state index is 12.1. The maximum Gasteiger partial charge on any atom is 0.342 e. The number of rotatable bonds is 5. The first-order valence-corrected chi connectivity index (χ1v) is 6.72. The van der Waals surface area contributed by atoms with Crippen LogP contribution < -0.4 is 5.73 Å². The number of amidine groups is 1. The minimum absolute atomic E-state index is 0.124. The molecule has 0 saturated carbocycles. The van der Waals surface area contributed by atoms with E-state index in [4.69, 9.17) is 10.6 Å². The first-order chi connectivity index (χ1) is 10.2. The average molecular weight is 283 g/mol. The molecule has 0 aliphatic rings. The van der Waals surface area contributed by atoms with Gasteiger partial charge in [0.05, 0.1) is 5.92 Å². The molecule has 0 fully saturated rings. The summed E-state index contributed by atoms with van der Waals surface area (Å²) in [7, 11) is 0. The van der Waals surface area contributed by atoms with Crippen molar-refractivity contribution < 1.29 is 9.63 Å². The highest BCUT2D eigenvalue weighted by molar-refractivity contribution is 5.97. The van der Waals surface area contributed by atoms with Crippen LogP contribution in [0.3, 0.4) is 0 Å². The molecular weight excluding hydrogens is 266 g/mol. The lowest BCUT2D eigenvalue weighted by Gasteiger charge is -2.11. The zero-order chi connectivity index (χ0) is 15.1. The van der Waals surface area contributed by atoms with E-state index in [0.29, 0.717) is 12.0 Å². The van der Waals surface area contributed by atoms with E-state index in [-0.39, 0.29) is 11.8 Å². The van der Waals surface area contributed by atoms with E-state index in [1.165, 1.54) is 0 Å². The van der Waals surface area contributed by atoms with Crippen LogP contribution in [0.1, 0.15) is 30.4 Å². The van der Waals surface area contributed by atoms with E-state index in [2.05, 4.69) is 10.1 Å². The normalized spacial score (nSPS) is 12.7. The fraction of sp³-hybridized carbons (Fsp3) is 0.188. The number of hydrogen-bond donors (Lipinski definition) is 1. The summed E-state index contributed by atoms with van der Waals surface area (Å²) in [6.07, 6.45) is 3.82. The van der Waals surface area contributed by atoms with Crippen molar-refractivity contribution in [2.45, 2.75) is 19.3 Å². The van der Waals surface area contributed by atoms with Crippen LogP contribution in [0.4, 0.5) is 0 Å². The van der Waals surface area contributed by atoms with Crippen LogP contribution in [0.15, 0.2) is 60.0 Å². The van der Waals surface area contributed by atoms with Gasteiger partial charge in [-0.3, -0.25) is 4.98 Å². The van der Waals surface area contributed by atoms with Gasteiger partial charge in [0.15, 0.2) is 5.84 Å². The molecular formula is C16H17N3O2. The van der Waals surface area contributed by atoms with Gasteiger partial charge in [0.25, 0.3) is 0 Å². The molecule has 2 N–H and O–H groups in total. The zero-order valence-corrected chi connectivity index (χ0v) is 11.8. The van der Waals surface area contributed by atoms with Crippen LogP contribution in [0.2, 0.25) is 0 Å². The molecule has 1 aromatic carbocycles. The highest BCUT2D eigenvalue weighted by Crippen LogP contribution is 2.20. The third-order valence-electron chi connectivity index (χ3n) is 3.09. The Labute approximate surface area is 123 Å². The highest BCUT2D eigenvalue weighted by Gasteiger charge is 2.20. The van der Waals surface area contributed by atoms with Crippen LogP contribution in [0, 0.1) is 0 Å². The van der Waals surface area contributed by atoms with E-state index in [9.17, 15) is 4.79 Å². The van der Waals surface area contributed by atoms with Gasteiger partial charge in [-0.2, -0.15) is 0 Å². The third-order valence-corrected chi connectivity index (χ3v) is 3.09. The molecule has 2 rings (SSSR count). The van der Waals surface area contributed by atoms with E-state index in [0.717, 1.165) is 5.56 Å². The van der Waals surface area contributed by atoms with E-state index < -0.39 is 5.97 Å². The van der Waals surface area contributed by atoms with Gasteiger partial charge >= 0.3 is 5.97 Å². The van der Waals surface area contributed by atoms with Crippen LogP contribution in [-0.4, -0.2) is 16.8 Å². The molecule has 0 unspecified atom stereocenters. The highest BCUT2D eigenvalue weighted by atomic mass is 16.7. The lowest BCUT2D eigenvalue weighted by atomic mass is 9.97. The minimum Gasteiger partial charge on any atom is -0.380 e. The molecule has 108 valence electrons. The standard InChI is InChI=1S/C16H17N3O2/c1-2-14(12-7-4-3-5-8-12)16(20)21-19-15(17)13-9-6-10-18-11-13/h3-11,14H,2H2,1H3,(H2,17,19)/t14-/m0/s1. The molecule has 2 aromatic rings. The summed E-state index contributed by atoms with van der Waals surface area (Å²) in [5.41, 5.74) is 7.27. The first kappa shape index (κ1) is 14.7. The molecule has 21 heavy (non-hydrogen) atoms. The van der Waals surface area contributed by atoms with E-state index in [1.54, 1.807) is 24.5 Å². The molecule has 0 spiro atoms. The van der Waals surface area contributed by atoms with Crippen molar-refractivity contribution in [2.75, 3.05) is 0 Å². The van der Waals surface area contributed by atoms with Crippen molar-refractivity contribution in [3.05, 3.63) is 66.0 Å². The lowest BCUT2D eigenvalue weighted by Crippen LogP contribution is -2.18. The Morgan fingerprint density at radius 2 is 2.05 bits per heavy atom. The number of pyridine rings is 1. The second kappa shape index (κ2) is 7.19. The number of carbonyl (C=O) groups excluding carboxylic acids is 1. The number of aromatic nitrogens is 1. The zero-order valence-electron chi connectivity index (χ0n) is 11.8. The molecule has 5 heteroatoms. The SMILES string of the molecule is CC[C@H](C(=O)ON=C(N)c1cccnc1)c1ccccc1.